The monoisotopic (exact) mass is 408 g/mol. The van der Waals surface area contributed by atoms with E-state index >= 15 is 0 Å². The Bertz CT molecular complexity index is 965. The smallest absolute Gasteiger partial charge is 0.258 e. The van der Waals surface area contributed by atoms with E-state index in [4.69, 9.17) is 4.52 Å². The van der Waals surface area contributed by atoms with Gasteiger partial charge in [0.25, 0.3) is 5.89 Å². The number of benzene rings is 1. The number of pyridine rings is 1. The summed E-state index contributed by atoms with van der Waals surface area (Å²) in [5.74, 6) is 1.41. The largest absolute Gasteiger partial charge is 0.353 e. The summed E-state index contributed by atoms with van der Waals surface area (Å²) >= 11 is 1.42. The van der Waals surface area contributed by atoms with Crippen LogP contribution in [0.25, 0.3) is 22.8 Å². The van der Waals surface area contributed by atoms with E-state index in [0.29, 0.717) is 23.5 Å². The second-order valence-electron chi connectivity index (χ2n) is 7.36. The molecule has 0 aliphatic heterocycles. The van der Waals surface area contributed by atoms with Gasteiger partial charge < -0.3 is 9.84 Å². The lowest BCUT2D eigenvalue weighted by Crippen LogP contribution is -2.37. The molecule has 3 aromatic rings. The fraction of sp³-hybridized carbons (Fsp3) is 0.364. The van der Waals surface area contributed by atoms with Gasteiger partial charge in [0, 0.05) is 23.4 Å². The van der Waals surface area contributed by atoms with Gasteiger partial charge in [-0.05, 0) is 31.9 Å². The number of rotatable bonds is 6. The average Bonchev–Trinajstić information content (AvgIpc) is 3.24. The van der Waals surface area contributed by atoms with Crippen LogP contribution >= 0.6 is 11.8 Å². The highest BCUT2D eigenvalue weighted by Gasteiger charge is 2.16. The fourth-order valence-electron chi connectivity index (χ4n) is 3.44. The van der Waals surface area contributed by atoms with E-state index in [-0.39, 0.29) is 5.91 Å². The van der Waals surface area contributed by atoms with E-state index in [1.165, 1.54) is 36.6 Å². The van der Waals surface area contributed by atoms with Gasteiger partial charge in [-0.1, -0.05) is 66.0 Å². The standard InChI is InChI=1S/C22H24N4O2S/c1-15-7-9-16(10-8-15)21-25-22(28-26-21)17-11-12-23-20(13-17)29-14-19(27)24-18-5-3-2-4-6-18/h7-13,18H,2-6,14H2,1H3,(H,24,27). The number of aryl methyl sites for hydroxylation is 1. The lowest BCUT2D eigenvalue weighted by Gasteiger charge is -2.22. The van der Waals surface area contributed by atoms with Crippen molar-refractivity contribution in [1.82, 2.24) is 20.4 Å². The van der Waals surface area contributed by atoms with E-state index in [2.05, 4.69) is 20.4 Å². The van der Waals surface area contributed by atoms with Gasteiger partial charge in [0.15, 0.2) is 0 Å². The van der Waals surface area contributed by atoms with E-state index in [9.17, 15) is 4.79 Å². The van der Waals surface area contributed by atoms with Gasteiger partial charge in [0.1, 0.15) is 0 Å². The van der Waals surface area contributed by atoms with Crippen LogP contribution in [0, 0.1) is 6.92 Å². The Kier molecular flexibility index (Phi) is 6.24. The van der Waals surface area contributed by atoms with Gasteiger partial charge in [0.05, 0.1) is 10.8 Å². The molecule has 1 fully saturated rings. The van der Waals surface area contributed by atoms with Gasteiger partial charge in [-0.3, -0.25) is 4.79 Å². The Morgan fingerprint density at radius 1 is 1.14 bits per heavy atom. The number of thioether (sulfide) groups is 1. The summed E-state index contributed by atoms with van der Waals surface area (Å²) in [5.41, 5.74) is 2.88. The molecule has 1 N–H and O–H groups in total. The average molecular weight is 409 g/mol. The van der Waals surface area contributed by atoms with Gasteiger partial charge in [-0.2, -0.15) is 4.98 Å². The van der Waals surface area contributed by atoms with Crippen LogP contribution in [0.3, 0.4) is 0 Å². The minimum absolute atomic E-state index is 0.0635. The third-order valence-corrected chi connectivity index (χ3v) is 5.96. The number of carbonyl (C=O) groups is 1. The van der Waals surface area contributed by atoms with Crippen molar-refractivity contribution in [3.8, 4) is 22.8 Å². The van der Waals surface area contributed by atoms with Crippen LogP contribution in [0.4, 0.5) is 0 Å². The molecule has 6 nitrogen and oxygen atoms in total. The Hall–Kier alpha value is -2.67. The molecule has 1 amide bonds. The van der Waals surface area contributed by atoms with E-state index in [1.807, 2.05) is 43.3 Å². The molecule has 1 aromatic carbocycles. The Morgan fingerprint density at radius 2 is 1.93 bits per heavy atom. The van der Waals surface area contributed by atoms with E-state index in [1.54, 1.807) is 6.20 Å². The van der Waals surface area contributed by atoms with Crippen LogP contribution < -0.4 is 5.32 Å². The summed E-state index contributed by atoms with van der Waals surface area (Å²) in [6.45, 7) is 2.04. The zero-order chi connectivity index (χ0) is 20.1. The maximum absolute atomic E-state index is 12.2. The molecule has 2 aromatic heterocycles. The lowest BCUT2D eigenvalue weighted by atomic mass is 9.95. The van der Waals surface area contributed by atoms with Crippen LogP contribution in [0.5, 0.6) is 0 Å². The molecule has 1 aliphatic rings. The number of amides is 1. The molecule has 0 bridgehead atoms. The predicted octanol–water partition coefficient (Wildman–Crippen LogP) is 4.65. The molecule has 7 heteroatoms. The minimum atomic E-state index is 0.0635. The molecule has 4 rings (SSSR count). The molecule has 2 heterocycles. The first-order chi connectivity index (χ1) is 14.2. The van der Waals surface area contributed by atoms with Gasteiger partial charge >= 0.3 is 0 Å². The van der Waals surface area contributed by atoms with Crippen molar-refractivity contribution in [2.75, 3.05) is 5.75 Å². The first kappa shape index (κ1) is 19.6. The molecule has 0 saturated heterocycles. The van der Waals surface area contributed by atoms with Crippen molar-refractivity contribution < 1.29 is 9.32 Å². The van der Waals surface area contributed by atoms with Crippen molar-refractivity contribution in [3.63, 3.8) is 0 Å². The van der Waals surface area contributed by atoms with Crippen LogP contribution in [0.15, 0.2) is 52.1 Å². The van der Waals surface area contributed by atoms with Crippen LogP contribution in [0.1, 0.15) is 37.7 Å². The molecular weight excluding hydrogens is 384 g/mol. The molecule has 150 valence electrons. The van der Waals surface area contributed by atoms with Gasteiger partial charge in [-0.15, -0.1) is 0 Å². The number of nitrogens with zero attached hydrogens (tertiary/aromatic N) is 3. The summed E-state index contributed by atoms with van der Waals surface area (Å²) in [5, 5.41) is 7.98. The third-order valence-electron chi connectivity index (χ3n) is 5.04. The van der Waals surface area contributed by atoms with Crippen molar-refractivity contribution in [3.05, 3.63) is 48.2 Å². The number of carbonyl (C=O) groups excluding carboxylic acids is 1. The minimum Gasteiger partial charge on any atom is -0.353 e. The molecular formula is C22H24N4O2S. The molecule has 1 saturated carbocycles. The Labute approximate surface area is 174 Å². The van der Waals surface area contributed by atoms with Crippen molar-refractivity contribution in [2.24, 2.45) is 0 Å². The quantitative estimate of drug-likeness (QED) is 0.598. The maximum atomic E-state index is 12.2. The summed E-state index contributed by atoms with van der Waals surface area (Å²) in [7, 11) is 0. The first-order valence-electron chi connectivity index (χ1n) is 9.97. The second kappa shape index (κ2) is 9.22. The normalized spacial score (nSPS) is 14.7. The van der Waals surface area contributed by atoms with Crippen LogP contribution in [0.2, 0.25) is 0 Å². The summed E-state index contributed by atoms with van der Waals surface area (Å²) in [6, 6.07) is 12.0. The van der Waals surface area contributed by atoms with Gasteiger partial charge in [-0.25, -0.2) is 4.98 Å². The molecule has 0 unspecified atom stereocenters. The Morgan fingerprint density at radius 3 is 2.72 bits per heavy atom. The zero-order valence-corrected chi connectivity index (χ0v) is 17.2. The predicted molar refractivity (Wildman–Crippen MR) is 113 cm³/mol. The van der Waals surface area contributed by atoms with Crippen molar-refractivity contribution in [2.45, 2.75) is 50.1 Å². The van der Waals surface area contributed by atoms with Crippen LogP contribution in [-0.4, -0.2) is 32.8 Å². The molecule has 0 atom stereocenters. The maximum Gasteiger partial charge on any atom is 0.258 e. The van der Waals surface area contributed by atoms with E-state index in [0.717, 1.165) is 29.0 Å². The summed E-state index contributed by atoms with van der Waals surface area (Å²) < 4.78 is 5.44. The Balaban J connectivity index is 1.38. The molecule has 29 heavy (non-hydrogen) atoms. The van der Waals surface area contributed by atoms with Gasteiger partial charge in [0.2, 0.25) is 11.7 Å². The van der Waals surface area contributed by atoms with Crippen molar-refractivity contribution >= 4 is 17.7 Å². The molecule has 0 radical (unpaired) electrons. The number of hydrogen-bond donors (Lipinski definition) is 1. The SMILES string of the molecule is Cc1ccc(-c2noc(-c3ccnc(SCC(=O)NC4CCCCC4)c3)n2)cc1. The van der Waals surface area contributed by atoms with E-state index < -0.39 is 0 Å². The summed E-state index contributed by atoms with van der Waals surface area (Å²) in [6.07, 6.45) is 7.56. The highest BCUT2D eigenvalue weighted by atomic mass is 32.2. The second-order valence-corrected chi connectivity index (χ2v) is 8.36. The first-order valence-corrected chi connectivity index (χ1v) is 11.0. The number of nitrogens with one attached hydrogen (secondary N) is 1. The highest BCUT2D eigenvalue weighted by molar-refractivity contribution is 7.99. The van der Waals surface area contributed by atoms with Crippen LogP contribution in [-0.2, 0) is 4.79 Å². The van der Waals surface area contributed by atoms with Crippen molar-refractivity contribution in [1.29, 1.82) is 0 Å². The third kappa shape index (κ3) is 5.23. The topological polar surface area (TPSA) is 80.9 Å². The molecule has 0 spiro atoms. The zero-order valence-electron chi connectivity index (χ0n) is 16.4. The highest BCUT2D eigenvalue weighted by Crippen LogP contribution is 2.25. The fourth-order valence-corrected chi connectivity index (χ4v) is 4.15. The lowest BCUT2D eigenvalue weighted by molar-refractivity contribution is -0.119. The number of hydrogen-bond acceptors (Lipinski definition) is 6. The number of aromatic nitrogens is 3. The summed E-state index contributed by atoms with van der Waals surface area (Å²) in [4.78, 5) is 21.1. The molecule has 1 aliphatic carbocycles.